The third-order valence-electron chi connectivity index (χ3n) is 5.03. The largest absolute Gasteiger partial charge is 0.394 e. The summed E-state index contributed by atoms with van der Waals surface area (Å²) in [5.41, 5.74) is 10.3. The van der Waals surface area contributed by atoms with Crippen molar-refractivity contribution >= 4 is 22.9 Å². The van der Waals surface area contributed by atoms with Crippen molar-refractivity contribution in [3.8, 4) is 33.0 Å². The second-order valence-electron chi connectivity index (χ2n) is 7.59. The molecule has 0 saturated heterocycles. The van der Waals surface area contributed by atoms with Crippen molar-refractivity contribution in [3.63, 3.8) is 0 Å². The molecule has 156 valence electrons. The standard InChI is InChI=1S/C25H23N3O2S/c1-25(26,16-29)24(30)27-21-13-11-19(12-14-21)22-15-31-23(28-22)20-9-7-18(8-10-20)17-5-3-2-4-6-17/h2-15,29H,16,26H2,1H3,(H,27,30). The van der Waals surface area contributed by atoms with Crippen molar-refractivity contribution in [1.82, 2.24) is 4.98 Å². The lowest BCUT2D eigenvalue weighted by atomic mass is 10.0. The Morgan fingerprint density at radius 3 is 2.16 bits per heavy atom. The number of hydrogen-bond donors (Lipinski definition) is 3. The van der Waals surface area contributed by atoms with Gasteiger partial charge in [0.25, 0.3) is 0 Å². The molecule has 0 bridgehead atoms. The average molecular weight is 430 g/mol. The van der Waals surface area contributed by atoms with Crippen molar-refractivity contribution in [2.24, 2.45) is 5.73 Å². The Labute approximate surface area is 185 Å². The Hall–Kier alpha value is -3.32. The van der Waals surface area contributed by atoms with Crippen molar-refractivity contribution in [1.29, 1.82) is 0 Å². The molecule has 4 aromatic rings. The number of carbonyl (C=O) groups is 1. The summed E-state index contributed by atoms with van der Waals surface area (Å²) in [5, 5.41) is 14.9. The molecule has 0 aliphatic carbocycles. The van der Waals surface area contributed by atoms with Gasteiger partial charge < -0.3 is 16.2 Å². The molecule has 5 nitrogen and oxygen atoms in total. The Morgan fingerprint density at radius 2 is 1.52 bits per heavy atom. The number of benzene rings is 3. The maximum Gasteiger partial charge on any atom is 0.246 e. The van der Waals surface area contributed by atoms with Gasteiger partial charge in [-0.2, -0.15) is 0 Å². The molecule has 4 N–H and O–H groups in total. The number of hydrogen-bond acceptors (Lipinski definition) is 5. The molecule has 31 heavy (non-hydrogen) atoms. The number of aliphatic hydroxyl groups is 1. The van der Waals surface area contributed by atoms with Gasteiger partial charge in [-0.25, -0.2) is 4.98 Å². The molecule has 0 radical (unpaired) electrons. The summed E-state index contributed by atoms with van der Waals surface area (Å²) in [6.07, 6.45) is 0. The van der Waals surface area contributed by atoms with Gasteiger partial charge in [-0.15, -0.1) is 11.3 Å². The highest BCUT2D eigenvalue weighted by Gasteiger charge is 2.27. The fourth-order valence-corrected chi connectivity index (χ4v) is 3.88. The van der Waals surface area contributed by atoms with Crippen LogP contribution >= 0.6 is 11.3 Å². The van der Waals surface area contributed by atoms with E-state index >= 15 is 0 Å². The smallest absolute Gasteiger partial charge is 0.246 e. The zero-order valence-corrected chi connectivity index (χ0v) is 17.9. The first-order valence-corrected chi connectivity index (χ1v) is 10.8. The van der Waals surface area contributed by atoms with Crippen molar-refractivity contribution in [3.05, 3.63) is 84.2 Å². The van der Waals surface area contributed by atoms with Crippen molar-refractivity contribution < 1.29 is 9.90 Å². The van der Waals surface area contributed by atoms with E-state index in [9.17, 15) is 9.90 Å². The maximum atomic E-state index is 12.1. The number of aliphatic hydroxyl groups excluding tert-OH is 1. The second-order valence-corrected chi connectivity index (χ2v) is 8.45. The molecule has 0 fully saturated rings. The lowest BCUT2D eigenvalue weighted by Gasteiger charge is -2.20. The summed E-state index contributed by atoms with van der Waals surface area (Å²) >= 11 is 1.60. The van der Waals surface area contributed by atoms with Gasteiger partial charge in [-0.3, -0.25) is 4.79 Å². The lowest BCUT2D eigenvalue weighted by Crippen LogP contribution is -2.51. The molecule has 1 heterocycles. The van der Waals surface area contributed by atoms with E-state index in [0.717, 1.165) is 21.8 Å². The van der Waals surface area contributed by atoms with Crippen LogP contribution < -0.4 is 11.1 Å². The molecule has 1 unspecified atom stereocenters. The van der Waals surface area contributed by atoms with Gasteiger partial charge in [0.05, 0.1) is 12.3 Å². The number of anilines is 1. The number of nitrogens with one attached hydrogen (secondary N) is 1. The van der Waals surface area contributed by atoms with Crippen molar-refractivity contribution in [2.45, 2.75) is 12.5 Å². The average Bonchev–Trinajstić information content (AvgIpc) is 3.30. The molecule has 0 aliphatic rings. The van der Waals surface area contributed by atoms with Crippen LogP contribution in [0.5, 0.6) is 0 Å². The van der Waals surface area contributed by atoms with Gasteiger partial charge in [0, 0.05) is 22.2 Å². The fourth-order valence-electron chi connectivity index (χ4n) is 3.04. The van der Waals surface area contributed by atoms with Crippen LogP contribution in [-0.2, 0) is 4.79 Å². The highest BCUT2D eigenvalue weighted by atomic mass is 32.1. The Balaban J connectivity index is 1.48. The Morgan fingerprint density at radius 1 is 0.935 bits per heavy atom. The van der Waals surface area contributed by atoms with Gasteiger partial charge in [0.2, 0.25) is 5.91 Å². The van der Waals surface area contributed by atoms with Crippen LogP contribution in [0.1, 0.15) is 6.92 Å². The molecule has 0 aliphatic heterocycles. The number of rotatable bonds is 6. The van der Waals surface area contributed by atoms with Crippen LogP contribution in [0, 0.1) is 0 Å². The van der Waals surface area contributed by atoms with Crippen LogP contribution in [0.25, 0.3) is 33.0 Å². The molecule has 1 amide bonds. The third-order valence-corrected chi connectivity index (χ3v) is 5.92. The minimum atomic E-state index is -1.32. The normalized spacial score (nSPS) is 12.9. The van der Waals surface area contributed by atoms with Crippen LogP contribution in [-0.4, -0.2) is 28.1 Å². The number of nitrogens with zero attached hydrogens (tertiary/aromatic N) is 1. The summed E-state index contributed by atoms with van der Waals surface area (Å²) < 4.78 is 0. The third kappa shape index (κ3) is 4.72. The van der Waals surface area contributed by atoms with Gasteiger partial charge in [-0.1, -0.05) is 66.7 Å². The molecular weight excluding hydrogens is 406 g/mol. The number of aromatic nitrogens is 1. The van der Waals surface area contributed by atoms with E-state index in [2.05, 4.69) is 41.7 Å². The molecule has 0 spiro atoms. The fraction of sp³-hybridized carbons (Fsp3) is 0.120. The first-order valence-electron chi connectivity index (χ1n) is 9.89. The highest BCUT2D eigenvalue weighted by molar-refractivity contribution is 7.13. The summed E-state index contributed by atoms with van der Waals surface area (Å²) in [6.45, 7) is 1.06. The van der Waals surface area contributed by atoms with E-state index in [1.165, 1.54) is 18.1 Å². The van der Waals surface area contributed by atoms with Crippen LogP contribution in [0.4, 0.5) is 5.69 Å². The predicted octanol–water partition coefficient (Wildman–Crippen LogP) is 4.79. The zero-order valence-electron chi connectivity index (χ0n) is 17.1. The molecule has 4 rings (SSSR count). The summed E-state index contributed by atoms with van der Waals surface area (Å²) in [6, 6.07) is 26.1. The van der Waals surface area contributed by atoms with E-state index in [-0.39, 0.29) is 0 Å². The SMILES string of the molecule is CC(N)(CO)C(=O)Nc1ccc(-c2csc(-c3ccc(-c4ccccc4)cc3)n2)cc1. The molecule has 6 heteroatoms. The minimum Gasteiger partial charge on any atom is -0.394 e. The van der Waals surface area contributed by atoms with Gasteiger partial charge >= 0.3 is 0 Å². The predicted molar refractivity (Wildman–Crippen MR) is 127 cm³/mol. The van der Waals surface area contributed by atoms with Crippen molar-refractivity contribution in [2.75, 3.05) is 11.9 Å². The highest BCUT2D eigenvalue weighted by Crippen LogP contribution is 2.31. The monoisotopic (exact) mass is 429 g/mol. The maximum absolute atomic E-state index is 12.1. The first-order chi connectivity index (χ1) is 15.0. The summed E-state index contributed by atoms with van der Waals surface area (Å²) in [4.78, 5) is 16.9. The topological polar surface area (TPSA) is 88.2 Å². The first kappa shape index (κ1) is 20.9. The number of thiazole rings is 1. The second kappa shape index (κ2) is 8.81. The summed E-state index contributed by atoms with van der Waals surface area (Å²) in [5.74, 6) is -0.433. The van der Waals surface area contributed by atoms with Crippen LogP contribution in [0.15, 0.2) is 84.2 Å². The number of amides is 1. The molecule has 1 aromatic heterocycles. The van der Waals surface area contributed by atoms with Gasteiger partial charge in [0.15, 0.2) is 0 Å². The molecule has 1 atom stereocenters. The summed E-state index contributed by atoms with van der Waals surface area (Å²) in [7, 11) is 0. The van der Waals surface area contributed by atoms with E-state index in [1.807, 2.05) is 35.7 Å². The van der Waals surface area contributed by atoms with Gasteiger partial charge in [0.1, 0.15) is 10.5 Å². The molecule has 0 saturated carbocycles. The van der Waals surface area contributed by atoms with E-state index in [4.69, 9.17) is 10.7 Å². The van der Waals surface area contributed by atoms with E-state index in [0.29, 0.717) is 5.69 Å². The Kier molecular flexibility index (Phi) is 5.95. The molecular formula is C25H23N3O2S. The van der Waals surface area contributed by atoms with Gasteiger partial charge in [-0.05, 0) is 30.2 Å². The zero-order chi connectivity index (χ0) is 21.8. The van der Waals surface area contributed by atoms with E-state index in [1.54, 1.807) is 23.5 Å². The minimum absolute atomic E-state index is 0.426. The Bertz CT molecular complexity index is 1170. The molecule has 3 aromatic carbocycles. The number of nitrogens with two attached hydrogens (primary N) is 1. The number of carbonyl (C=O) groups excluding carboxylic acids is 1. The lowest BCUT2D eigenvalue weighted by molar-refractivity contribution is -0.121. The van der Waals surface area contributed by atoms with Crippen LogP contribution in [0.2, 0.25) is 0 Å². The quantitative estimate of drug-likeness (QED) is 0.411. The van der Waals surface area contributed by atoms with E-state index < -0.39 is 18.1 Å². The van der Waals surface area contributed by atoms with Crippen LogP contribution in [0.3, 0.4) is 0 Å².